The van der Waals surface area contributed by atoms with Crippen LogP contribution in [0.4, 0.5) is 5.69 Å². The van der Waals surface area contributed by atoms with E-state index in [1.807, 2.05) is 24.3 Å². The van der Waals surface area contributed by atoms with Crippen molar-refractivity contribution in [3.63, 3.8) is 0 Å². The molecule has 0 fully saturated rings. The number of anilines is 1. The molecule has 0 aliphatic carbocycles. The second-order valence-corrected chi connectivity index (χ2v) is 5.83. The first-order valence-corrected chi connectivity index (χ1v) is 6.41. The van der Waals surface area contributed by atoms with Crippen molar-refractivity contribution in [3.8, 4) is 0 Å². The molecule has 18 heavy (non-hydrogen) atoms. The van der Waals surface area contributed by atoms with Gasteiger partial charge in [0.25, 0.3) is 0 Å². The minimum atomic E-state index is -0.749. The molecular weight excluding hydrogens is 226 g/mol. The SMILES string of the molecule is CC(C)(C)CCNc1cccc(CCC(=O)O)c1. The van der Waals surface area contributed by atoms with Gasteiger partial charge in [-0.15, -0.1) is 0 Å². The lowest BCUT2D eigenvalue weighted by Crippen LogP contribution is -2.12. The summed E-state index contributed by atoms with van der Waals surface area (Å²) in [7, 11) is 0. The van der Waals surface area contributed by atoms with E-state index in [0.29, 0.717) is 11.8 Å². The Labute approximate surface area is 109 Å². The van der Waals surface area contributed by atoms with Crippen molar-refractivity contribution in [2.45, 2.75) is 40.0 Å². The predicted molar refractivity (Wildman–Crippen MR) is 75.0 cm³/mol. The number of aryl methyl sites for hydroxylation is 1. The maximum atomic E-state index is 10.5. The van der Waals surface area contributed by atoms with Crippen LogP contribution in [0.2, 0.25) is 0 Å². The second-order valence-electron chi connectivity index (χ2n) is 5.83. The molecule has 100 valence electrons. The molecule has 0 saturated heterocycles. The van der Waals surface area contributed by atoms with Crippen molar-refractivity contribution < 1.29 is 9.90 Å². The summed E-state index contributed by atoms with van der Waals surface area (Å²) in [5.74, 6) is -0.749. The summed E-state index contributed by atoms with van der Waals surface area (Å²) >= 11 is 0. The van der Waals surface area contributed by atoms with Crippen molar-refractivity contribution >= 4 is 11.7 Å². The molecule has 0 aromatic heterocycles. The van der Waals surface area contributed by atoms with Gasteiger partial charge in [-0.3, -0.25) is 4.79 Å². The van der Waals surface area contributed by atoms with E-state index in [2.05, 4.69) is 26.1 Å². The largest absolute Gasteiger partial charge is 0.481 e. The molecule has 0 heterocycles. The lowest BCUT2D eigenvalue weighted by molar-refractivity contribution is -0.136. The molecule has 0 radical (unpaired) electrons. The van der Waals surface area contributed by atoms with E-state index >= 15 is 0 Å². The number of carbonyl (C=O) groups is 1. The summed E-state index contributed by atoms with van der Waals surface area (Å²) < 4.78 is 0. The van der Waals surface area contributed by atoms with Gasteiger partial charge in [-0.1, -0.05) is 32.9 Å². The van der Waals surface area contributed by atoms with E-state index in [9.17, 15) is 4.79 Å². The zero-order valence-electron chi connectivity index (χ0n) is 11.5. The lowest BCUT2D eigenvalue weighted by atomic mass is 9.92. The Morgan fingerprint density at radius 1 is 1.33 bits per heavy atom. The van der Waals surface area contributed by atoms with Gasteiger partial charge < -0.3 is 10.4 Å². The van der Waals surface area contributed by atoms with Gasteiger partial charge in [0, 0.05) is 18.7 Å². The first-order chi connectivity index (χ1) is 8.37. The molecule has 1 rings (SSSR count). The molecule has 3 heteroatoms. The van der Waals surface area contributed by atoms with E-state index in [0.717, 1.165) is 24.2 Å². The monoisotopic (exact) mass is 249 g/mol. The Balaban J connectivity index is 2.46. The number of carboxylic acids is 1. The van der Waals surface area contributed by atoms with Crippen LogP contribution >= 0.6 is 0 Å². The zero-order valence-corrected chi connectivity index (χ0v) is 11.5. The van der Waals surface area contributed by atoms with Crippen LogP contribution in [-0.2, 0) is 11.2 Å². The number of aliphatic carboxylic acids is 1. The summed E-state index contributed by atoms with van der Waals surface area (Å²) in [4.78, 5) is 10.5. The topological polar surface area (TPSA) is 49.3 Å². The number of hydrogen-bond acceptors (Lipinski definition) is 2. The molecule has 0 spiro atoms. The molecule has 0 amide bonds. The van der Waals surface area contributed by atoms with Gasteiger partial charge in [-0.25, -0.2) is 0 Å². The molecule has 0 aliphatic rings. The van der Waals surface area contributed by atoms with Gasteiger partial charge in [0.1, 0.15) is 0 Å². The number of carboxylic acid groups (broad SMARTS) is 1. The molecule has 0 aliphatic heterocycles. The quantitative estimate of drug-likeness (QED) is 0.810. The minimum absolute atomic E-state index is 0.186. The van der Waals surface area contributed by atoms with Gasteiger partial charge in [-0.05, 0) is 36.0 Å². The Morgan fingerprint density at radius 3 is 2.67 bits per heavy atom. The first-order valence-electron chi connectivity index (χ1n) is 6.41. The molecular formula is C15H23NO2. The van der Waals surface area contributed by atoms with Crippen LogP contribution in [0, 0.1) is 5.41 Å². The normalized spacial score (nSPS) is 11.3. The fourth-order valence-corrected chi connectivity index (χ4v) is 1.67. The third-order valence-electron chi connectivity index (χ3n) is 2.76. The minimum Gasteiger partial charge on any atom is -0.481 e. The molecule has 2 N–H and O–H groups in total. The Bertz CT molecular complexity index is 394. The summed E-state index contributed by atoms with van der Waals surface area (Å²) in [5, 5.41) is 12.0. The van der Waals surface area contributed by atoms with Crippen molar-refractivity contribution in [2.24, 2.45) is 5.41 Å². The first kappa shape index (κ1) is 14.6. The molecule has 1 aromatic rings. The second kappa shape index (κ2) is 6.43. The molecule has 0 unspecified atom stereocenters. The predicted octanol–water partition coefficient (Wildman–Crippen LogP) is 3.55. The van der Waals surface area contributed by atoms with Crippen molar-refractivity contribution in [3.05, 3.63) is 29.8 Å². The van der Waals surface area contributed by atoms with Crippen LogP contribution in [0.1, 0.15) is 39.2 Å². The number of benzene rings is 1. The molecule has 0 atom stereocenters. The van der Waals surface area contributed by atoms with Crippen LogP contribution in [0.5, 0.6) is 0 Å². The summed E-state index contributed by atoms with van der Waals surface area (Å²) in [5.41, 5.74) is 2.47. The summed E-state index contributed by atoms with van der Waals surface area (Å²) in [6.07, 6.45) is 1.88. The molecule has 3 nitrogen and oxygen atoms in total. The maximum Gasteiger partial charge on any atom is 0.303 e. The van der Waals surface area contributed by atoms with E-state index in [-0.39, 0.29) is 6.42 Å². The summed E-state index contributed by atoms with van der Waals surface area (Å²) in [6.45, 7) is 7.60. The third kappa shape index (κ3) is 6.28. The Hall–Kier alpha value is -1.51. The number of hydrogen-bond donors (Lipinski definition) is 2. The smallest absolute Gasteiger partial charge is 0.303 e. The Kier molecular flexibility index (Phi) is 5.20. The van der Waals surface area contributed by atoms with Crippen molar-refractivity contribution in [1.82, 2.24) is 0 Å². The maximum absolute atomic E-state index is 10.5. The number of nitrogens with one attached hydrogen (secondary N) is 1. The average molecular weight is 249 g/mol. The highest BCUT2D eigenvalue weighted by Crippen LogP contribution is 2.19. The molecule has 0 bridgehead atoms. The number of rotatable bonds is 6. The summed E-state index contributed by atoms with van der Waals surface area (Å²) in [6, 6.07) is 7.99. The van der Waals surface area contributed by atoms with Crippen molar-refractivity contribution in [1.29, 1.82) is 0 Å². The highest BCUT2D eigenvalue weighted by atomic mass is 16.4. The standard InChI is InChI=1S/C15H23NO2/c1-15(2,3)9-10-16-13-6-4-5-12(11-13)7-8-14(17)18/h4-6,11,16H,7-10H2,1-3H3,(H,17,18). The van der Waals surface area contributed by atoms with Gasteiger partial charge in [-0.2, -0.15) is 0 Å². The van der Waals surface area contributed by atoms with Crippen LogP contribution in [0.3, 0.4) is 0 Å². The molecule has 1 aromatic carbocycles. The van der Waals surface area contributed by atoms with Crippen LogP contribution in [0.15, 0.2) is 24.3 Å². The highest BCUT2D eigenvalue weighted by molar-refractivity contribution is 5.67. The fraction of sp³-hybridized carbons (Fsp3) is 0.533. The fourth-order valence-electron chi connectivity index (χ4n) is 1.67. The van der Waals surface area contributed by atoms with E-state index < -0.39 is 5.97 Å². The van der Waals surface area contributed by atoms with Crippen molar-refractivity contribution in [2.75, 3.05) is 11.9 Å². The van der Waals surface area contributed by atoms with Gasteiger partial charge in [0.2, 0.25) is 0 Å². The third-order valence-corrected chi connectivity index (χ3v) is 2.76. The van der Waals surface area contributed by atoms with Gasteiger partial charge in [0.15, 0.2) is 0 Å². The van der Waals surface area contributed by atoms with Crippen LogP contribution in [0.25, 0.3) is 0 Å². The van der Waals surface area contributed by atoms with Crippen LogP contribution in [-0.4, -0.2) is 17.6 Å². The van der Waals surface area contributed by atoms with Gasteiger partial charge >= 0.3 is 5.97 Å². The van der Waals surface area contributed by atoms with E-state index in [1.165, 1.54) is 0 Å². The Morgan fingerprint density at radius 2 is 2.06 bits per heavy atom. The van der Waals surface area contributed by atoms with Crippen LogP contribution < -0.4 is 5.32 Å². The van der Waals surface area contributed by atoms with E-state index in [1.54, 1.807) is 0 Å². The zero-order chi connectivity index (χ0) is 13.6. The van der Waals surface area contributed by atoms with E-state index in [4.69, 9.17) is 5.11 Å². The molecule has 0 saturated carbocycles. The highest BCUT2D eigenvalue weighted by Gasteiger charge is 2.09. The average Bonchev–Trinajstić information content (AvgIpc) is 2.25. The lowest BCUT2D eigenvalue weighted by Gasteiger charge is -2.18. The van der Waals surface area contributed by atoms with Gasteiger partial charge in [0.05, 0.1) is 0 Å².